The van der Waals surface area contributed by atoms with Crippen molar-refractivity contribution < 1.29 is 9.53 Å². The van der Waals surface area contributed by atoms with Crippen LogP contribution in [0, 0.1) is 6.92 Å². The number of benzene rings is 2. The van der Waals surface area contributed by atoms with Crippen molar-refractivity contribution in [3.63, 3.8) is 0 Å². The first-order valence-corrected chi connectivity index (χ1v) is 12.1. The number of hydrogen-bond donors (Lipinski definition) is 1. The van der Waals surface area contributed by atoms with Gasteiger partial charge in [-0.25, -0.2) is 0 Å². The number of fused-ring (bicyclic) bond motifs is 1. The van der Waals surface area contributed by atoms with Gasteiger partial charge in [0.25, 0.3) is 5.56 Å². The van der Waals surface area contributed by atoms with Gasteiger partial charge >= 0.3 is 0 Å². The third-order valence-electron chi connectivity index (χ3n) is 6.49. The highest BCUT2D eigenvalue weighted by Crippen LogP contribution is 2.19. The molecule has 4 aromatic rings. The van der Waals surface area contributed by atoms with Crippen molar-refractivity contribution in [3.8, 4) is 11.4 Å². The van der Waals surface area contributed by atoms with E-state index in [4.69, 9.17) is 9.72 Å². The van der Waals surface area contributed by atoms with Crippen LogP contribution in [0.4, 0.5) is 0 Å². The van der Waals surface area contributed by atoms with Crippen LogP contribution in [0.1, 0.15) is 36.1 Å². The lowest BCUT2D eigenvalue weighted by molar-refractivity contribution is -0.121. The Labute approximate surface area is 203 Å². The van der Waals surface area contributed by atoms with Crippen LogP contribution in [-0.4, -0.2) is 44.3 Å². The van der Waals surface area contributed by atoms with E-state index >= 15 is 0 Å². The highest BCUT2D eigenvalue weighted by Gasteiger charge is 2.20. The number of nitrogens with one attached hydrogen (secondary N) is 1. The minimum absolute atomic E-state index is 0.0856. The van der Waals surface area contributed by atoms with Crippen LogP contribution in [0.3, 0.4) is 0 Å². The maximum atomic E-state index is 13.5. The number of amides is 1. The molecule has 0 spiro atoms. The van der Waals surface area contributed by atoms with Crippen LogP contribution >= 0.6 is 0 Å². The third kappa shape index (κ3) is 5.02. The molecule has 0 radical (unpaired) electrons. The second kappa shape index (κ2) is 10.2. The highest BCUT2D eigenvalue weighted by atomic mass is 16.5. The predicted molar refractivity (Wildman–Crippen MR) is 133 cm³/mol. The van der Waals surface area contributed by atoms with Gasteiger partial charge in [-0.05, 0) is 31.7 Å². The van der Waals surface area contributed by atoms with E-state index in [1.807, 2.05) is 72.2 Å². The summed E-state index contributed by atoms with van der Waals surface area (Å²) in [7, 11) is 0. The van der Waals surface area contributed by atoms with Crippen LogP contribution in [0.15, 0.2) is 65.5 Å². The number of carbonyl (C=O) groups is 1. The Morgan fingerprint density at radius 3 is 2.57 bits per heavy atom. The molecule has 8 heteroatoms. The number of hydrogen-bond acceptors (Lipinski definition) is 5. The zero-order chi connectivity index (χ0) is 24.2. The lowest BCUT2D eigenvalue weighted by Crippen LogP contribution is -2.33. The van der Waals surface area contributed by atoms with E-state index in [1.165, 1.54) is 4.52 Å². The second-order valence-electron chi connectivity index (χ2n) is 8.89. The molecule has 1 atom stereocenters. The molecule has 3 heterocycles. The minimum atomic E-state index is -0.233. The Morgan fingerprint density at radius 1 is 1.11 bits per heavy atom. The van der Waals surface area contributed by atoms with Crippen molar-refractivity contribution in [2.24, 2.45) is 0 Å². The van der Waals surface area contributed by atoms with Gasteiger partial charge in [-0.2, -0.15) is 9.50 Å². The summed E-state index contributed by atoms with van der Waals surface area (Å²) < 4.78 is 8.96. The largest absolute Gasteiger partial charge is 0.376 e. The molecule has 1 amide bonds. The topological polar surface area (TPSA) is 90.5 Å². The van der Waals surface area contributed by atoms with Gasteiger partial charge in [-0.15, -0.1) is 5.10 Å². The van der Waals surface area contributed by atoms with E-state index in [0.717, 1.165) is 36.3 Å². The van der Waals surface area contributed by atoms with E-state index in [9.17, 15) is 9.59 Å². The molecule has 0 saturated carbocycles. The summed E-state index contributed by atoms with van der Waals surface area (Å²) in [4.78, 5) is 30.7. The second-order valence-corrected chi connectivity index (χ2v) is 8.89. The molecule has 0 aliphatic carbocycles. The predicted octanol–water partition coefficient (Wildman–Crippen LogP) is 3.14. The average molecular weight is 472 g/mol. The molecule has 8 nitrogen and oxygen atoms in total. The summed E-state index contributed by atoms with van der Waals surface area (Å²) in [5.41, 5.74) is 3.07. The molecular formula is C27H29N5O3. The number of nitrogens with zero attached hydrogens (tertiary/aromatic N) is 4. The third-order valence-corrected chi connectivity index (χ3v) is 6.49. The van der Waals surface area contributed by atoms with Crippen molar-refractivity contribution in [3.05, 3.63) is 87.8 Å². The van der Waals surface area contributed by atoms with Crippen molar-refractivity contribution in [2.75, 3.05) is 13.2 Å². The fraction of sp³-hybridized carbons (Fsp3) is 0.333. The molecule has 1 saturated heterocycles. The first kappa shape index (κ1) is 23.0. The summed E-state index contributed by atoms with van der Waals surface area (Å²) in [5, 5.41) is 7.50. The molecule has 35 heavy (non-hydrogen) atoms. The molecule has 1 aliphatic heterocycles. The van der Waals surface area contributed by atoms with Crippen LogP contribution in [0.25, 0.3) is 17.2 Å². The van der Waals surface area contributed by atoms with E-state index in [2.05, 4.69) is 10.4 Å². The van der Waals surface area contributed by atoms with E-state index in [0.29, 0.717) is 36.7 Å². The SMILES string of the molecule is Cc1c(CCC(=O)NC[C@H]2CCCO2)c(=O)n2nc(-c3ccccc3)nc2n1Cc1ccccc1. The minimum Gasteiger partial charge on any atom is -0.376 e. The van der Waals surface area contributed by atoms with E-state index < -0.39 is 0 Å². The van der Waals surface area contributed by atoms with Crippen molar-refractivity contribution in [2.45, 2.75) is 45.3 Å². The number of rotatable bonds is 8. The van der Waals surface area contributed by atoms with E-state index in [-0.39, 0.29) is 24.0 Å². The first-order valence-electron chi connectivity index (χ1n) is 12.1. The Morgan fingerprint density at radius 2 is 1.86 bits per heavy atom. The fourth-order valence-corrected chi connectivity index (χ4v) is 4.52. The maximum absolute atomic E-state index is 13.5. The van der Waals surface area contributed by atoms with Gasteiger partial charge in [0.05, 0.1) is 12.6 Å². The molecule has 1 fully saturated rings. The van der Waals surface area contributed by atoms with Gasteiger partial charge in [-0.3, -0.25) is 9.59 Å². The maximum Gasteiger partial charge on any atom is 0.279 e. The number of aromatic nitrogens is 4. The molecule has 0 unspecified atom stereocenters. The first-order chi connectivity index (χ1) is 17.1. The zero-order valence-electron chi connectivity index (χ0n) is 19.8. The highest BCUT2D eigenvalue weighted by molar-refractivity contribution is 5.76. The normalized spacial score (nSPS) is 15.5. The summed E-state index contributed by atoms with van der Waals surface area (Å²) in [6.07, 6.45) is 2.64. The Hall–Kier alpha value is -3.78. The summed E-state index contributed by atoms with van der Waals surface area (Å²) in [6, 6.07) is 19.7. The summed E-state index contributed by atoms with van der Waals surface area (Å²) in [5.74, 6) is 0.898. The molecular weight excluding hydrogens is 442 g/mol. The van der Waals surface area contributed by atoms with Crippen molar-refractivity contribution >= 4 is 11.7 Å². The van der Waals surface area contributed by atoms with Gasteiger partial charge in [0.15, 0.2) is 5.82 Å². The molecule has 0 bridgehead atoms. The average Bonchev–Trinajstić information content (AvgIpc) is 3.57. The fourth-order valence-electron chi connectivity index (χ4n) is 4.52. The molecule has 5 rings (SSSR count). The van der Waals surface area contributed by atoms with Crippen LogP contribution in [0.5, 0.6) is 0 Å². The zero-order valence-corrected chi connectivity index (χ0v) is 19.8. The van der Waals surface area contributed by atoms with Gasteiger partial charge in [0, 0.05) is 36.4 Å². The van der Waals surface area contributed by atoms with Gasteiger partial charge in [0.2, 0.25) is 11.7 Å². The molecule has 2 aromatic heterocycles. The lowest BCUT2D eigenvalue weighted by Gasteiger charge is -2.16. The monoisotopic (exact) mass is 471 g/mol. The standard InChI is InChI=1S/C27H29N5O3/c1-19-23(14-15-24(33)28-17-22-13-8-16-35-22)26(34)32-27(31(19)18-20-9-4-2-5-10-20)29-25(30-32)21-11-6-3-7-12-21/h2-7,9-12,22H,8,13-18H2,1H3,(H,28,33)/t22-/m1/s1. The molecule has 1 aliphatic rings. The number of ether oxygens (including phenoxy) is 1. The van der Waals surface area contributed by atoms with Crippen LogP contribution < -0.4 is 10.9 Å². The van der Waals surface area contributed by atoms with E-state index in [1.54, 1.807) is 0 Å². The smallest absolute Gasteiger partial charge is 0.279 e. The molecule has 180 valence electrons. The Kier molecular flexibility index (Phi) is 6.72. The molecule has 1 N–H and O–H groups in total. The van der Waals surface area contributed by atoms with Gasteiger partial charge in [-0.1, -0.05) is 60.7 Å². The quantitative estimate of drug-likeness (QED) is 0.426. The molecule has 2 aromatic carbocycles. The van der Waals surface area contributed by atoms with Crippen molar-refractivity contribution in [1.29, 1.82) is 0 Å². The number of carbonyl (C=O) groups excluding carboxylic acids is 1. The van der Waals surface area contributed by atoms with Gasteiger partial charge < -0.3 is 14.6 Å². The van der Waals surface area contributed by atoms with Crippen LogP contribution in [-0.2, 0) is 22.5 Å². The Balaban J connectivity index is 1.48. The summed E-state index contributed by atoms with van der Waals surface area (Å²) in [6.45, 7) is 3.73. The summed E-state index contributed by atoms with van der Waals surface area (Å²) >= 11 is 0. The lowest BCUT2D eigenvalue weighted by atomic mass is 10.1. The van der Waals surface area contributed by atoms with Gasteiger partial charge in [0.1, 0.15) is 0 Å². The van der Waals surface area contributed by atoms with Crippen LogP contribution in [0.2, 0.25) is 0 Å². The Bertz CT molecular complexity index is 1370. The van der Waals surface area contributed by atoms with Crippen molar-refractivity contribution in [1.82, 2.24) is 24.5 Å².